The van der Waals surface area contributed by atoms with Crippen LogP contribution in [0.25, 0.3) is 10.8 Å². The molecule has 0 fully saturated rings. The lowest BCUT2D eigenvalue weighted by Crippen LogP contribution is -2.05. The molecule has 2 aromatic rings. The Morgan fingerprint density at radius 2 is 1.94 bits per heavy atom. The van der Waals surface area contributed by atoms with Crippen molar-refractivity contribution in [2.45, 2.75) is 13.8 Å². The van der Waals surface area contributed by atoms with Gasteiger partial charge in [0.15, 0.2) is 11.5 Å². The molecule has 0 atom stereocenters. The van der Waals surface area contributed by atoms with Gasteiger partial charge in [0.1, 0.15) is 0 Å². The summed E-state index contributed by atoms with van der Waals surface area (Å²) in [7, 11) is 0. The van der Waals surface area contributed by atoms with Crippen LogP contribution >= 0.6 is 0 Å². The number of nitrogens with zero attached hydrogens (tertiary/aromatic N) is 1. The first kappa shape index (κ1) is 12.3. The molecule has 0 saturated heterocycles. The molecule has 0 unspecified atom stereocenters. The predicted molar refractivity (Wildman–Crippen MR) is 70.5 cm³/mol. The summed E-state index contributed by atoms with van der Waals surface area (Å²) in [6.07, 6.45) is 1.70. The van der Waals surface area contributed by atoms with E-state index in [1.807, 2.05) is 30.3 Å². The highest BCUT2D eigenvalue weighted by molar-refractivity contribution is 5.90. The molecule has 0 radical (unpaired) electrons. The van der Waals surface area contributed by atoms with E-state index < -0.39 is 0 Å². The lowest BCUT2D eigenvalue weighted by molar-refractivity contribution is 0.265. The Hall–Kier alpha value is -2.21. The zero-order chi connectivity index (χ0) is 13.0. The molecule has 0 aliphatic rings. The van der Waals surface area contributed by atoms with Crippen LogP contribution in [0, 0.1) is 17.4 Å². The maximum Gasteiger partial charge on any atom is 0.292 e. The van der Waals surface area contributed by atoms with Crippen molar-refractivity contribution in [2.24, 2.45) is 5.92 Å². The summed E-state index contributed by atoms with van der Waals surface area (Å²) < 4.78 is 10.7. The molecule has 0 heterocycles. The summed E-state index contributed by atoms with van der Waals surface area (Å²) in [5.41, 5.74) is 0. The van der Waals surface area contributed by atoms with E-state index in [-0.39, 0.29) is 0 Å². The summed E-state index contributed by atoms with van der Waals surface area (Å²) >= 11 is 0. The first-order valence-corrected chi connectivity index (χ1v) is 5.93. The van der Waals surface area contributed by atoms with Crippen LogP contribution < -0.4 is 9.47 Å². The molecule has 2 rings (SSSR count). The number of rotatable bonds is 4. The first-order valence-electron chi connectivity index (χ1n) is 5.93. The smallest absolute Gasteiger partial charge is 0.292 e. The van der Waals surface area contributed by atoms with Crippen LogP contribution in [0.15, 0.2) is 36.4 Å². The first-order chi connectivity index (χ1) is 8.72. The molecule has 0 aromatic heterocycles. The van der Waals surface area contributed by atoms with Gasteiger partial charge in [-0.05, 0) is 17.4 Å². The van der Waals surface area contributed by atoms with Gasteiger partial charge in [0.05, 0.1) is 6.61 Å². The molecule has 92 valence electrons. The molecule has 0 aliphatic heterocycles. The van der Waals surface area contributed by atoms with Gasteiger partial charge < -0.3 is 9.47 Å². The lowest BCUT2D eigenvalue weighted by atomic mass is 10.1. The summed E-state index contributed by atoms with van der Waals surface area (Å²) in [5, 5.41) is 10.7. The maximum absolute atomic E-state index is 8.67. The van der Waals surface area contributed by atoms with E-state index >= 15 is 0 Å². The van der Waals surface area contributed by atoms with Crippen molar-refractivity contribution in [1.82, 2.24) is 0 Å². The fourth-order valence-electron chi connectivity index (χ4n) is 1.75. The van der Waals surface area contributed by atoms with Crippen molar-refractivity contribution in [2.75, 3.05) is 6.61 Å². The molecule has 0 bridgehead atoms. The number of nitriles is 1. The molecular formula is C15H15NO2. The van der Waals surface area contributed by atoms with Gasteiger partial charge in [-0.1, -0.05) is 44.2 Å². The second-order valence-electron chi connectivity index (χ2n) is 4.51. The second kappa shape index (κ2) is 5.42. The maximum atomic E-state index is 8.67. The summed E-state index contributed by atoms with van der Waals surface area (Å²) in [4.78, 5) is 0. The number of fused-ring (bicyclic) bond motifs is 1. The van der Waals surface area contributed by atoms with Crippen LogP contribution in [0.3, 0.4) is 0 Å². The second-order valence-corrected chi connectivity index (χ2v) is 4.51. The van der Waals surface area contributed by atoms with E-state index in [1.165, 1.54) is 0 Å². The van der Waals surface area contributed by atoms with Crippen LogP contribution in [0.1, 0.15) is 13.8 Å². The van der Waals surface area contributed by atoms with Crippen LogP contribution in [-0.4, -0.2) is 6.61 Å². The Morgan fingerprint density at radius 1 is 1.17 bits per heavy atom. The molecule has 3 nitrogen and oxygen atoms in total. The number of benzene rings is 2. The van der Waals surface area contributed by atoms with Crippen LogP contribution in [-0.2, 0) is 0 Å². The van der Waals surface area contributed by atoms with E-state index in [9.17, 15) is 0 Å². The van der Waals surface area contributed by atoms with Gasteiger partial charge in [-0.15, -0.1) is 5.26 Å². The predicted octanol–water partition coefficient (Wildman–Crippen LogP) is 3.73. The van der Waals surface area contributed by atoms with Crippen molar-refractivity contribution in [3.05, 3.63) is 36.4 Å². The molecule has 3 heteroatoms. The molecule has 0 spiro atoms. The molecule has 0 amide bonds. The van der Waals surface area contributed by atoms with E-state index in [2.05, 4.69) is 13.8 Å². The van der Waals surface area contributed by atoms with Gasteiger partial charge in [0, 0.05) is 5.39 Å². The summed E-state index contributed by atoms with van der Waals surface area (Å²) in [6, 6.07) is 11.6. The standard InChI is InChI=1S/C15H15NO2/c1-11(2)9-17-15-13-6-4-3-5-12(13)7-8-14(15)18-10-16/h3-8,11H,9H2,1-2H3. The Bertz CT molecular complexity index is 585. The monoisotopic (exact) mass is 241 g/mol. The zero-order valence-electron chi connectivity index (χ0n) is 10.5. The Balaban J connectivity index is 2.49. The molecular weight excluding hydrogens is 226 g/mol. The zero-order valence-corrected chi connectivity index (χ0v) is 10.5. The molecule has 0 N–H and O–H groups in total. The Labute approximate surface area is 107 Å². The number of hydrogen-bond donors (Lipinski definition) is 0. The molecule has 18 heavy (non-hydrogen) atoms. The van der Waals surface area contributed by atoms with E-state index in [0.29, 0.717) is 24.0 Å². The summed E-state index contributed by atoms with van der Waals surface area (Å²) in [6.45, 7) is 4.75. The average molecular weight is 241 g/mol. The third-order valence-corrected chi connectivity index (χ3v) is 2.56. The van der Waals surface area contributed by atoms with E-state index in [4.69, 9.17) is 14.7 Å². The van der Waals surface area contributed by atoms with E-state index in [1.54, 1.807) is 12.3 Å². The minimum atomic E-state index is 0.416. The highest BCUT2D eigenvalue weighted by atomic mass is 16.5. The van der Waals surface area contributed by atoms with Crippen molar-refractivity contribution in [1.29, 1.82) is 5.26 Å². The Morgan fingerprint density at radius 3 is 2.67 bits per heavy atom. The van der Waals surface area contributed by atoms with Crippen LogP contribution in [0.2, 0.25) is 0 Å². The SMILES string of the molecule is CC(C)COc1c(OC#N)ccc2ccccc12. The van der Waals surface area contributed by atoms with Crippen molar-refractivity contribution >= 4 is 10.8 Å². The van der Waals surface area contributed by atoms with Crippen molar-refractivity contribution < 1.29 is 9.47 Å². The third kappa shape index (κ3) is 2.54. The summed E-state index contributed by atoms with van der Waals surface area (Å²) in [5.74, 6) is 1.53. The van der Waals surface area contributed by atoms with Gasteiger partial charge in [-0.2, -0.15) is 0 Å². The van der Waals surface area contributed by atoms with Crippen LogP contribution in [0.4, 0.5) is 0 Å². The largest absolute Gasteiger partial charge is 0.489 e. The van der Waals surface area contributed by atoms with E-state index in [0.717, 1.165) is 10.8 Å². The van der Waals surface area contributed by atoms with Gasteiger partial charge in [0.25, 0.3) is 6.26 Å². The molecule has 2 aromatic carbocycles. The van der Waals surface area contributed by atoms with Crippen LogP contribution in [0.5, 0.6) is 11.5 Å². The fraction of sp³-hybridized carbons (Fsp3) is 0.267. The minimum Gasteiger partial charge on any atom is -0.489 e. The van der Waals surface area contributed by atoms with Gasteiger partial charge in [0.2, 0.25) is 0 Å². The highest BCUT2D eigenvalue weighted by Crippen LogP contribution is 2.35. The number of hydrogen-bond acceptors (Lipinski definition) is 3. The van der Waals surface area contributed by atoms with Crippen molar-refractivity contribution in [3.63, 3.8) is 0 Å². The van der Waals surface area contributed by atoms with Gasteiger partial charge >= 0.3 is 0 Å². The average Bonchev–Trinajstić information content (AvgIpc) is 2.37. The number of ether oxygens (including phenoxy) is 2. The highest BCUT2D eigenvalue weighted by Gasteiger charge is 2.11. The van der Waals surface area contributed by atoms with Gasteiger partial charge in [-0.3, -0.25) is 0 Å². The lowest BCUT2D eigenvalue weighted by Gasteiger charge is -2.13. The third-order valence-electron chi connectivity index (χ3n) is 2.56. The molecule has 0 aliphatic carbocycles. The minimum absolute atomic E-state index is 0.416. The Kier molecular flexibility index (Phi) is 3.69. The van der Waals surface area contributed by atoms with Crippen molar-refractivity contribution in [3.8, 4) is 17.8 Å². The fourth-order valence-corrected chi connectivity index (χ4v) is 1.75. The topological polar surface area (TPSA) is 42.2 Å². The normalized spacial score (nSPS) is 10.3. The quantitative estimate of drug-likeness (QED) is 0.766. The molecule has 0 saturated carbocycles. The van der Waals surface area contributed by atoms with Gasteiger partial charge in [-0.25, -0.2) is 0 Å².